The molecule has 1 heterocycles. The summed E-state index contributed by atoms with van der Waals surface area (Å²) in [4.78, 5) is 1.41. The molecule has 0 spiro atoms. The Labute approximate surface area is 92.9 Å². The van der Waals surface area contributed by atoms with Crippen molar-refractivity contribution >= 4 is 34.5 Å². The first kappa shape index (κ1) is 9.82. The molecular formula is C10H12Cl2S. The molecular weight excluding hydrogens is 223 g/mol. The average Bonchev–Trinajstić information content (AvgIpc) is 2.52. The molecule has 1 aromatic rings. The van der Waals surface area contributed by atoms with E-state index in [4.69, 9.17) is 23.2 Å². The van der Waals surface area contributed by atoms with Crippen molar-refractivity contribution in [3.63, 3.8) is 0 Å². The van der Waals surface area contributed by atoms with Crippen molar-refractivity contribution in [2.45, 2.75) is 37.0 Å². The van der Waals surface area contributed by atoms with Gasteiger partial charge in [0.15, 0.2) is 0 Å². The van der Waals surface area contributed by atoms with Crippen molar-refractivity contribution in [3.8, 4) is 0 Å². The third-order valence-electron chi connectivity index (χ3n) is 2.61. The monoisotopic (exact) mass is 234 g/mol. The molecule has 3 heteroatoms. The molecule has 0 saturated heterocycles. The summed E-state index contributed by atoms with van der Waals surface area (Å²) in [6.45, 7) is 0. The molecule has 2 rings (SSSR count). The lowest BCUT2D eigenvalue weighted by molar-refractivity contribution is 0.454. The highest BCUT2D eigenvalue weighted by molar-refractivity contribution is 7.16. The van der Waals surface area contributed by atoms with E-state index >= 15 is 0 Å². The van der Waals surface area contributed by atoms with Crippen LogP contribution in [0.2, 0.25) is 4.34 Å². The Hall–Kier alpha value is 0.280. The molecule has 0 aromatic carbocycles. The molecule has 72 valence electrons. The minimum absolute atomic E-state index is 0.375. The van der Waals surface area contributed by atoms with Crippen molar-refractivity contribution in [2.24, 2.45) is 0 Å². The maximum atomic E-state index is 6.14. The third kappa shape index (κ3) is 2.39. The molecule has 1 aliphatic carbocycles. The van der Waals surface area contributed by atoms with Crippen LogP contribution in [-0.4, -0.2) is 5.38 Å². The zero-order valence-electron chi connectivity index (χ0n) is 7.30. The summed E-state index contributed by atoms with van der Waals surface area (Å²) >= 11 is 13.7. The van der Waals surface area contributed by atoms with E-state index in [-0.39, 0.29) is 0 Å². The molecule has 1 fully saturated rings. The maximum absolute atomic E-state index is 6.14. The number of rotatable bonds is 1. The van der Waals surface area contributed by atoms with Gasteiger partial charge in [0.2, 0.25) is 0 Å². The second kappa shape index (κ2) is 4.20. The first-order valence-electron chi connectivity index (χ1n) is 4.65. The van der Waals surface area contributed by atoms with Gasteiger partial charge in [0.1, 0.15) is 0 Å². The Bertz CT molecular complexity index is 282. The van der Waals surface area contributed by atoms with Crippen LogP contribution >= 0.6 is 34.5 Å². The fourth-order valence-corrected chi connectivity index (χ4v) is 3.51. The zero-order chi connectivity index (χ0) is 9.26. The lowest BCUT2D eigenvalue weighted by Crippen LogP contribution is -2.12. The Kier molecular flexibility index (Phi) is 3.18. The number of thiophene rings is 1. The molecule has 0 nitrogen and oxygen atoms in total. The first-order valence-corrected chi connectivity index (χ1v) is 6.28. The molecule has 0 bridgehead atoms. The second-order valence-electron chi connectivity index (χ2n) is 3.60. The lowest BCUT2D eigenvalue weighted by atomic mass is 9.88. The molecule has 0 N–H and O–H groups in total. The van der Waals surface area contributed by atoms with E-state index in [9.17, 15) is 0 Å². The standard InChI is InChI=1S/C10H12Cl2S/c11-8-3-1-2-7(6-8)9-4-5-10(12)13-9/h4-5,7-8H,1-3,6H2. The van der Waals surface area contributed by atoms with Crippen molar-refractivity contribution in [3.05, 3.63) is 21.3 Å². The summed E-state index contributed by atoms with van der Waals surface area (Å²) in [6, 6.07) is 4.13. The molecule has 0 radical (unpaired) electrons. The molecule has 1 aromatic heterocycles. The molecule has 1 saturated carbocycles. The van der Waals surface area contributed by atoms with Crippen molar-refractivity contribution in [1.29, 1.82) is 0 Å². The van der Waals surface area contributed by atoms with Crippen molar-refractivity contribution in [1.82, 2.24) is 0 Å². The molecule has 2 unspecified atom stereocenters. The number of hydrogen-bond acceptors (Lipinski definition) is 1. The molecule has 13 heavy (non-hydrogen) atoms. The van der Waals surface area contributed by atoms with Crippen LogP contribution in [0, 0.1) is 0 Å². The smallest absolute Gasteiger partial charge is 0.0931 e. The van der Waals surface area contributed by atoms with Crippen LogP contribution < -0.4 is 0 Å². The SMILES string of the molecule is Clc1ccc(C2CCCC(Cl)C2)s1. The number of alkyl halides is 1. The van der Waals surface area contributed by atoms with Gasteiger partial charge in [-0.3, -0.25) is 0 Å². The minimum atomic E-state index is 0.375. The zero-order valence-corrected chi connectivity index (χ0v) is 9.63. The first-order chi connectivity index (χ1) is 6.25. The van der Waals surface area contributed by atoms with E-state index in [2.05, 4.69) is 6.07 Å². The van der Waals surface area contributed by atoms with Gasteiger partial charge in [0.25, 0.3) is 0 Å². The van der Waals surface area contributed by atoms with E-state index in [0.29, 0.717) is 11.3 Å². The van der Waals surface area contributed by atoms with Gasteiger partial charge in [-0.2, -0.15) is 0 Å². The van der Waals surface area contributed by atoms with E-state index in [1.165, 1.54) is 24.1 Å². The predicted molar refractivity (Wildman–Crippen MR) is 60.2 cm³/mol. The average molecular weight is 235 g/mol. The molecule has 0 amide bonds. The Morgan fingerprint density at radius 2 is 2.15 bits per heavy atom. The fraction of sp³-hybridized carbons (Fsp3) is 0.600. The highest BCUT2D eigenvalue weighted by Crippen LogP contribution is 2.39. The largest absolute Gasteiger partial charge is 0.128 e. The van der Waals surface area contributed by atoms with Crippen LogP contribution in [0.5, 0.6) is 0 Å². The van der Waals surface area contributed by atoms with Gasteiger partial charge in [-0.25, -0.2) is 0 Å². The molecule has 2 atom stereocenters. The van der Waals surface area contributed by atoms with Gasteiger partial charge < -0.3 is 0 Å². The Morgan fingerprint density at radius 3 is 2.77 bits per heavy atom. The van der Waals surface area contributed by atoms with Crippen LogP contribution in [0.1, 0.15) is 36.5 Å². The minimum Gasteiger partial charge on any atom is -0.128 e. The van der Waals surface area contributed by atoms with Gasteiger partial charge in [-0.1, -0.05) is 18.0 Å². The van der Waals surface area contributed by atoms with E-state index < -0.39 is 0 Å². The van der Waals surface area contributed by atoms with E-state index in [1.54, 1.807) is 11.3 Å². The van der Waals surface area contributed by atoms with Gasteiger partial charge in [0, 0.05) is 10.3 Å². The highest BCUT2D eigenvalue weighted by Gasteiger charge is 2.22. The van der Waals surface area contributed by atoms with Crippen LogP contribution in [0.15, 0.2) is 12.1 Å². The fourth-order valence-electron chi connectivity index (χ4n) is 1.94. The summed E-state index contributed by atoms with van der Waals surface area (Å²) in [7, 11) is 0. The van der Waals surface area contributed by atoms with Crippen LogP contribution in [0.4, 0.5) is 0 Å². The van der Waals surface area contributed by atoms with Crippen molar-refractivity contribution in [2.75, 3.05) is 0 Å². The summed E-state index contributed by atoms with van der Waals surface area (Å²) in [6.07, 6.45) is 4.84. The quantitative estimate of drug-likeness (QED) is 0.620. The van der Waals surface area contributed by atoms with Gasteiger partial charge in [-0.15, -0.1) is 22.9 Å². The third-order valence-corrected chi connectivity index (χ3v) is 4.40. The van der Waals surface area contributed by atoms with Crippen molar-refractivity contribution < 1.29 is 0 Å². The van der Waals surface area contributed by atoms with Crippen LogP contribution in [0.25, 0.3) is 0 Å². The summed E-state index contributed by atoms with van der Waals surface area (Å²) in [5.41, 5.74) is 0. The van der Waals surface area contributed by atoms with E-state index in [0.717, 1.165) is 10.8 Å². The van der Waals surface area contributed by atoms with Gasteiger partial charge >= 0.3 is 0 Å². The predicted octanol–water partition coefficient (Wildman–Crippen LogP) is 4.67. The highest BCUT2D eigenvalue weighted by atomic mass is 35.5. The maximum Gasteiger partial charge on any atom is 0.0931 e. The molecule has 0 aliphatic heterocycles. The molecule has 1 aliphatic rings. The second-order valence-corrected chi connectivity index (χ2v) is 5.97. The Balaban J connectivity index is 2.08. The topological polar surface area (TPSA) is 0 Å². The van der Waals surface area contributed by atoms with E-state index in [1.807, 2.05) is 6.07 Å². The normalized spacial score (nSPS) is 29.1. The van der Waals surface area contributed by atoms with Gasteiger partial charge in [-0.05, 0) is 37.3 Å². The summed E-state index contributed by atoms with van der Waals surface area (Å²) < 4.78 is 0.895. The number of hydrogen-bond donors (Lipinski definition) is 0. The van der Waals surface area contributed by atoms with Crippen LogP contribution in [-0.2, 0) is 0 Å². The lowest BCUT2D eigenvalue weighted by Gasteiger charge is -2.24. The summed E-state index contributed by atoms with van der Waals surface area (Å²) in [5, 5.41) is 0.375. The van der Waals surface area contributed by atoms with Crippen LogP contribution in [0.3, 0.4) is 0 Å². The summed E-state index contributed by atoms with van der Waals surface area (Å²) in [5.74, 6) is 0.661. The van der Waals surface area contributed by atoms with Gasteiger partial charge in [0.05, 0.1) is 4.34 Å². The Morgan fingerprint density at radius 1 is 1.31 bits per heavy atom. The number of halogens is 2.